The number of hydrogen-bond acceptors (Lipinski definition) is 2. The molecule has 0 aliphatic carbocycles. The monoisotopic (exact) mass is 169 g/mol. The van der Waals surface area contributed by atoms with E-state index in [0.29, 0.717) is 0 Å². The van der Waals surface area contributed by atoms with E-state index in [9.17, 15) is 4.79 Å². The number of carbonyl (C=O) groups is 1. The molecular weight excluding hydrogens is 154 g/mol. The minimum absolute atomic E-state index is 0.138. The highest BCUT2D eigenvalue weighted by molar-refractivity contribution is 5.70. The lowest BCUT2D eigenvalue weighted by Crippen LogP contribution is -2.34. The fourth-order valence-electron chi connectivity index (χ4n) is 1.51. The van der Waals surface area contributed by atoms with Crippen molar-refractivity contribution in [3.8, 4) is 0 Å². The molecule has 1 aliphatic rings. The van der Waals surface area contributed by atoms with E-state index in [-0.39, 0.29) is 5.92 Å². The van der Waals surface area contributed by atoms with E-state index >= 15 is 0 Å². The molecule has 0 bridgehead atoms. The molecule has 0 aromatic heterocycles. The number of carboxylic acids is 1. The number of allylic oxidation sites excluding steroid dienone is 1. The molecule has 1 rings (SSSR count). The third-order valence-corrected chi connectivity index (χ3v) is 2.38. The van der Waals surface area contributed by atoms with Gasteiger partial charge >= 0.3 is 5.97 Å². The molecule has 0 amide bonds. The van der Waals surface area contributed by atoms with Gasteiger partial charge in [0.2, 0.25) is 0 Å². The van der Waals surface area contributed by atoms with Crippen LogP contribution in [0.5, 0.6) is 0 Å². The van der Waals surface area contributed by atoms with E-state index in [0.717, 1.165) is 31.6 Å². The SMILES string of the molecule is C=C(C)N1CCC(C(=O)O)CC1. The number of rotatable bonds is 2. The number of nitrogens with zero attached hydrogens (tertiary/aromatic N) is 1. The van der Waals surface area contributed by atoms with E-state index in [4.69, 9.17) is 5.11 Å². The fourth-order valence-corrected chi connectivity index (χ4v) is 1.51. The number of likely N-dealkylation sites (tertiary alicyclic amines) is 1. The summed E-state index contributed by atoms with van der Waals surface area (Å²) in [6.07, 6.45) is 1.50. The molecule has 0 unspecified atom stereocenters. The van der Waals surface area contributed by atoms with Crippen molar-refractivity contribution >= 4 is 5.97 Å². The molecular formula is C9H15NO2. The Labute approximate surface area is 72.7 Å². The molecule has 0 aromatic rings. The smallest absolute Gasteiger partial charge is 0.306 e. The standard InChI is InChI=1S/C9H15NO2/c1-7(2)10-5-3-8(4-6-10)9(11)12/h8H,1,3-6H2,2H3,(H,11,12). The minimum Gasteiger partial charge on any atom is -0.481 e. The fraction of sp³-hybridized carbons (Fsp3) is 0.667. The molecule has 3 nitrogen and oxygen atoms in total. The first-order valence-corrected chi connectivity index (χ1v) is 4.24. The van der Waals surface area contributed by atoms with Gasteiger partial charge < -0.3 is 10.0 Å². The molecule has 1 heterocycles. The normalized spacial score (nSPS) is 19.2. The van der Waals surface area contributed by atoms with E-state index < -0.39 is 5.97 Å². The van der Waals surface area contributed by atoms with Crippen molar-refractivity contribution in [3.63, 3.8) is 0 Å². The van der Waals surface area contributed by atoms with Gasteiger partial charge in [-0.3, -0.25) is 4.79 Å². The van der Waals surface area contributed by atoms with Gasteiger partial charge in [-0.15, -0.1) is 0 Å². The Kier molecular flexibility index (Phi) is 2.74. The highest BCUT2D eigenvalue weighted by Gasteiger charge is 2.23. The van der Waals surface area contributed by atoms with Gasteiger partial charge in [0.1, 0.15) is 0 Å². The summed E-state index contributed by atoms with van der Waals surface area (Å²) in [5, 5.41) is 8.72. The van der Waals surface area contributed by atoms with Gasteiger partial charge in [-0.1, -0.05) is 6.58 Å². The van der Waals surface area contributed by atoms with Gasteiger partial charge in [0, 0.05) is 18.8 Å². The Hall–Kier alpha value is -0.990. The molecule has 68 valence electrons. The maximum absolute atomic E-state index is 10.6. The third kappa shape index (κ3) is 2.00. The van der Waals surface area contributed by atoms with E-state index in [1.165, 1.54) is 0 Å². The Morgan fingerprint density at radius 3 is 2.33 bits per heavy atom. The number of hydrogen-bond donors (Lipinski definition) is 1. The zero-order valence-electron chi connectivity index (χ0n) is 7.42. The van der Waals surface area contributed by atoms with Crippen LogP contribution in [-0.2, 0) is 4.79 Å². The zero-order chi connectivity index (χ0) is 9.14. The molecule has 0 spiro atoms. The summed E-state index contributed by atoms with van der Waals surface area (Å²) in [7, 11) is 0. The number of aliphatic carboxylic acids is 1. The summed E-state index contributed by atoms with van der Waals surface area (Å²) in [6, 6.07) is 0. The van der Waals surface area contributed by atoms with E-state index in [2.05, 4.69) is 11.5 Å². The van der Waals surface area contributed by atoms with Gasteiger partial charge in [0.15, 0.2) is 0 Å². The Balaban J connectivity index is 2.39. The summed E-state index contributed by atoms with van der Waals surface area (Å²) >= 11 is 0. The van der Waals surface area contributed by atoms with Crippen molar-refractivity contribution in [2.24, 2.45) is 5.92 Å². The first kappa shape index (κ1) is 9.10. The average Bonchev–Trinajstić information content (AvgIpc) is 2.04. The molecule has 3 heteroatoms. The lowest BCUT2D eigenvalue weighted by atomic mass is 9.97. The van der Waals surface area contributed by atoms with Crippen molar-refractivity contribution < 1.29 is 9.90 Å². The van der Waals surface area contributed by atoms with Crippen molar-refractivity contribution in [2.45, 2.75) is 19.8 Å². The maximum atomic E-state index is 10.6. The predicted octanol–water partition coefficient (Wildman–Crippen LogP) is 1.32. The van der Waals surface area contributed by atoms with Gasteiger partial charge in [-0.2, -0.15) is 0 Å². The van der Waals surface area contributed by atoms with Gasteiger partial charge in [0.25, 0.3) is 0 Å². The molecule has 0 radical (unpaired) electrons. The molecule has 1 N–H and O–H groups in total. The number of piperidine rings is 1. The summed E-state index contributed by atoms with van der Waals surface area (Å²) in [5.41, 5.74) is 1.04. The van der Waals surface area contributed by atoms with Crippen LogP contribution in [0.15, 0.2) is 12.3 Å². The van der Waals surface area contributed by atoms with Crippen LogP contribution >= 0.6 is 0 Å². The molecule has 1 fully saturated rings. The van der Waals surface area contributed by atoms with Crippen LogP contribution in [0.2, 0.25) is 0 Å². The molecule has 12 heavy (non-hydrogen) atoms. The van der Waals surface area contributed by atoms with Crippen LogP contribution in [0, 0.1) is 5.92 Å². The molecule has 0 atom stereocenters. The van der Waals surface area contributed by atoms with Crippen LogP contribution in [0.25, 0.3) is 0 Å². The van der Waals surface area contributed by atoms with Gasteiger partial charge in [-0.05, 0) is 19.8 Å². The molecule has 1 aliphatic heterocycles. The summed E-state index contributed by atoms with van der Waals surface area (Å²) in [6.45, 7) is 7.47. The Morgan fingerprint density at radius 1 is 1.50 bits per heavy atom. The molecule has 0 saturated carbocycles. The second-order valence-electron chi connectivity index (χ2n) is 3.33. The van der Waals surface area contributed by atoms with Gasteiger partial charge in [0.05, 0.1) is 5.92 Å². The maximum Gasteiger partial charge on any atom is 0.306 e. The van der Waals surface area contributed by atoms with Crippen molar-refractivity contribution in [1.82, 2.24) is 4.90 Å². The van der Waals surface area contributed by atoms with Crippen molar-refractivity contribution in [1.29, 1.82) is 0 Å². The van der Waals surface area contributed by atoms with Crippen LogP contribution < -0.4 is 0 Å². The molecule has 1 saturated heterocycles. The van der Waals surface area contributed by atoms with E-state index in [1.54, 1.807) is 0 Å². The topological polar surface area (TPSA) is 40.5 Å². The highest BCUT2D eigenvalue weighted by atomic mass is 16.4. The Bertz CT molecular complexity index is 171. The summed E-state index contributed by atoms with van der Waals surface area (Å²) in [4.78, 5) is 12.7. The van der Waals surface area contributed by atoms with Crippen molar-refractivity contribution in [2.75, 3.05) is 13.1 Å². The largest absolute Gasteiger partial charge is 0.481 e. The first-order chi connectivity index (χ1) is 5.61. The average molecular weight is 169 g/mol. The number of carboxylic acid groups (broad SMARTS) is 1. The van der Waals surface area contributed by atoms with E-state index in [1.807, 2.05) is 6.92 Å². The van der Waals surface area contributed by atoms with Crippen LogP contribution in [-0.4, -0.2) is 29.1 Å². The third-order valence-electron chi connectivity index (χ3n) is 2.38. The highest BCUT2D eigenvalue weighted by Crippen LogP contribution is 2.19. The van der Waals surface area contributed by atoms with Crippen LogP contribution in [0.1, 0.15) is 19.8 Å². The lowest BCUT2D eigenvalue weighted by Gasteiger charge is -2.31. The minimum atomic E-state index is -0.656. The van der Waals surface area contributed by atoms with Crippen molar-refractivity contribution in [3.05, 3.63) is 12.3 Å². The van der Waals surface area contributed by atoms with Crippen LogP contribution in [0.4, 0.5) is 0 Å². The quantitative estimate of drug-likeness (QED) is 0.677. The summed E-state index contributed by atoms with van der Waals surface area (Å²) in [5.74, 6) is -0.794. The Morgan fingerprint density at radius 2 is 2.00 bits per heavy atom. The summed E-state index contributed by atoms with van der Waals surface area (Å²) < 4.78 is 0. The predicted molar refractivity (Wildman–Crippen MR) is 46.7 cm³/mol. The second kappa shape index (κ2) is 3.61. The zero-order valence-corrected chi connectivity index (χ0v) is 7.42. The lowest BCUT2D eigenvalue weighted by molar-refractivity contribution is -0.143. The van der Waals surface area contributed by atoms with Gasteiger partial charge in [-0.25, -0.2) is 0 Å². The first-order valence-electron chi connectivity index (χ1n) is 4.24. The second-order valence-corrected chi connectivity index (χ2v) is 3.33. The molecule has 0 aromatic carbocycles. The van der Waals surface area contributed by atoms with Crippen LogP contribution in [0.3, 0.4) is 0 Å².